The molecular weight excluding hydrogens is 220 g/mol. The molecule has 0 heterocycles. The van der Waals surface area contributed by atoms with E-state index in [-0.39, 0.29) is 0 Å². The van der Waals surface area contributed by atoms with Gasteiger partial charge in [0.05, 0.1) is 5.56 Å². The molecule has 0 aliphatic rings. The van der Waals surface area contributed by atoms with Crippen LogP contribution in [0.3, 0.4) is 0 Å². The Labute approximate surface area is 79.3 Å². The highest BCUT2D eigenvalue weighted by Crippen LogP contribution is 2.22. The first-order valence-electron chi connectivity index (χ1n) is 3.53. The summed E-state index contributed by atoms with van der Waals surface area (Å²) in [5.41, 5.74) is 2.17. The van der Waals surface area contributed by atoms with Crippen LogP contribution in [-0.4, -0.2) is 11.1 Å². The number of carboxylic acids is 1. The molecule has 1 aromatic carbocycles. The van der Waals surface area contributed by atoms with E-state index < -0.39 is 5.97 Å². The summed E-state index contributed by atoms with van der Waals surface area (Å²) in [6.45, 7) is 3.70. The van der Waals surface area contributed by atoms with Crippen LogP contribution >= 0.6 is 15.9 Å². The molecule has 1 N–H and O–H groups in total. The smallest absolute Gasteiger partial charge is 0.335 e. The van der Waals surface area contributed by atoms with E-state index in [1.807, 2.05) is 13.8 Å². The van der Waals surface area contributed by atoms with Crippen LogP contribution in [0, 0.1) is 13.8 Å². The largest absolute Gasteiger partial charge is 0.478 e. The predicted octanol–water partition coefficient (Wildman–Crippen LogP) is 2.76. The summed E-state index contributed by atoms with van der Waals surface area (Å²) in [7, 11) is 0. The summed E-state index contributed by atoms with van der Waals surface area (Å²) >= 11 is 3.34. The van der Waals surface area contributed by atoms with E-state index in [1.165, 1.54) is 0 Å². The van der Waals surface area contributed by atoms with Gasteiger partial charge in [0.1, 0.15) is 0 Å². The maximum absolute atomic E-state index is 10.7. The zero-order valence-corrected chi connectivity index (χ0v) is 8.47. The lowest BCUT2D eigenvalue weighted by atomic mass is 10.0. The van der Waals surface area contributed by atoms with Gasteiger partial charge >= 0.3 is 5.97 Å². The lowest BCUT2D eigenvalue weighted by molar-refractivity contribution is 0.0696. The fourth-order valence-electron chi connectivity index (χ4n) is 1.02. The van der Waals surface area contributed by atoms with Crippen LogP contribution in [0.2, 0.25) is 0 Å². The molecule has 0 unspecified atom stereocenters. The topological polar surface area (TPSA) is 37.3 Å². The van der Waals surface area contributed by atoms with E-state index in [9.17, 15) is 4.79 Å². The Morgan fingerprint density at radius 1 is 1.33 bits per heavy atom. The van der Waals surface area contributed by atoms with Gasteiger partial charge in [0, 0.05) is 4.47 Å². The summed E-state index contributed by atoms with van der Waals surface area (Å²) in [6, 6.07) is 3.36. The minimum absolute atomic E-state index is 0.371. The van der Waals surface area contributed by atoms with Crippen molar-refractivity contribution in [2.45, 2.75) is 13.8 Å². The van der Waals surface area contributed by atoms with Crippen LogP contribution in [0.1, 0.15) is 21.5 Å². The van der Waals surface area contributed by atoms with E-state index in [4.69, 9.17) is 5.11 Å². The quantitative estimate of drug-likeness (QED) is 0.803. The monoisotopic (exact) mass is 228 g/mol. The summed E-state index contributed by atoms with van der Waals surface area (Å²) in [6.07, 6.45) is 0. The molecule has 12 heavy (non-hydrogen) atoms. The van der Waals surface area contributed by atoms with Crippen molar-refractivity contribution >= 4 is 21.9 Å². The molecule has 2 nitrogen and oxygen atoms in total. The molecule has 0 aliphatic carbocycles. The molecule has 0 saturated carbocycles. The number of hydrogen-bond donors (Lipinski definition) is 1. The first-order valence-corrected chi connectivity index (χ1v) is 4.32. The SMILES string of the molecule is Cc1c(Br)ccc(C(=O)O)c1C. The van der Waals surface area contributed by atoms with Gasteiger partial charge in [0.2, 0.25) is 0 Å². The van der Waals surface area contributed by atoms with Gasteiger partial charge in [-0.25, -0.2) is 4.79 Å². The van der Waals surface area contributed by atoms with Crippen molar-refractivity contribution in [3.63, 3.8) is 0 Å². The van der Waals surface area contributed by atoms with Crippen molar-refractivity contribution in [3.05, 3.63) is 33.3 Å². The third-order valence-electron chi connectivity index (χ3n) is 1.95. The first kappa shape index (κ1) is 9.26. The molecule has 0 aromatic heterocycles. The molecule has 3 heteroatoms. The van der Waals surface area contributed by atoms with Crippen molar-refractivity contribution in [1.82, 2.24) is 0 Å². The lowest BCUT2D eigenvalue weighted by Crippen LogP contribution is -2.01. The number of halogens is 1. The minimum Gasteiger partial charge on any atom is -0.478 e. The standard InChI is InChI=1S/C9H9BrO2/c1-5-6(2)8(10)4-3-7(5)9(11)12/h3-4H,1-2H3,(H,11,12). The molecule has 1 rings (SSSR count). The summed E-state index contributed by atoms with van der Waals surface area (Å²) in [5, 5.41) is 8.77. The van der Waals surface area contributed by atoms with Crippen molar-refractivity contribution in [1.29, 1.82) is 0 Å². The molecule has 0 radical (unpaired) electrons. The Hall–Kier alpha value is -0.830. The van der Waals surface area contributed by atoms with Crippen molar-refractivity contribution < 1.29 is 9.90 Å². The van der Waals surface area contributed by atoms with Crippen LogP contribution in [0.15, 0.2) is 16.6 Å². The summed E-state index contributed by atoms with van der Waals surface area (Å²) in [4.78, 5) is 10.7. The highest BCUT2D eigenvalue weighted by molar-refractivity contribution is 9.10. The Kier molecular flexibility index (Phi) is 2.52. The molecule has 0 saturated heterocycles. The second-order valence-corrected chi connectivity index (χ2v) is 3.50. The molecule has 1 aromatic rings. The minimum atomic E-state index is -0.872. The van der Waals surface area contributed by atoms with E-state index in [1.54, 1.807) is 12.1 Å². The first-order chi connectivity index (χ1) is 5.54. The van der Waals surface area contributed by atoms with E-state index >= 15 is 0 Å². The highest BCUT2D eigenvalue weighted by Gasteiger charge is 2.09. The third-order valence-corrected chi connectivity index (χ3v) is 2.81. The van der Waals surface area contributed by atoms with Gasteiger partial charge in [-0.2, -0.15) is 0 Å². The molecule has 0 aliphatic heterocycles. The fourth-order valence-corrected chi connectivity index (χ4v) is 1.45. The zero-order valence-electron chi connectivity index (χ0n) is 6.89. The molecule has 0 amide bonds. The maximum Gasteiger partial charge on any atom is 0.335 e. The van der Waals surface area contributed by atoms with E-state index in [2.05, 4.69) is 15.9 Å². The van der Waals surface area contributed by atoms with Crippen molar-refractivity contribution in [3.8, 4) is 0 Å². The number of rotatable bonds is 1. The van der Waals surface area contributed by atoms with Crippen LogP contribution in [-0.2, 0) is 0 Å². The predicted molar refractivity (Wildman–Crippen MR) is 50.6 cm³/mol. The van der Waals surface area contributed by atoms with Crippen LogP contribution < -0.4 is 0 Å². The number of benzene rings is 1. The van der Waals surface area contributed by atoms with Gasteiger partial charge in [0.25, 0.3) is 0 Å². The van der Waals surface area contributed by atoms with Gasteiger partial charge in [-0.1, -0.05) is 15.9 Å². The van der Waals surface area contributed by atoms with Gasteiger partial charge in [-0.15, -0.1) is 0 Å². The van der Waals surface area contributed by atoms with Gasteiger partial charge in [0.15, 0.2) is 0 Å². The zero-order chi connectivity index (χ0) is 9.30. The third kappa shape index (κ3) is 1.50. The Balaban J connectivity index is 3.36. The average molecular weight is 229 g/mol. The van der Waals surface area contributed by atoms with Crippen LogP contribution in [0.5, 0.6) is 0 Å². The number of carboxylic acid groups (broad SMARTS) is 1. The number of hydrogen-bond acceptors (Lipinski definition) is 1. The molecule has 0 spiro atoms. The van der Waals surface area contributed by atoms with Gasteiger partial charge in [-0.05, 0) is 37.1 Å². The molecule has 64 valence electrons. The number of carbonyl (C=O) groups is 1. The summed E-state index contributed by atoms with van der Waals surface area (Å²) < 4.78 is 0.949. The highest BCUT2D eigenvalue weighted by atomic mass is 79.9. The number of aromatic carboxylic acids is 1. The lowest BCUT2D eigenvalue weighted by Gasteiger charge is -2.05. The molecule has 0 bridgehead atoms. The van der Waals surface area contributed by atoms with Crippen LogP contribution in [0.25, 0.3) is 0 Å². The normalized spacial score (nSPS) is 9.92. The second-order valence-electron chi connectivity index (χ2n) is 2.65. The second kappa shape index (κ2) is 3.27. The van der Waals surface area contributed by atoms with Gasteiger partial charge < -0.3 is 5.11 Å². The Bertz CT molecular complexity index is 332. The molecule has 0 atom stereocenters. The average Bonchev–Trinajstić information content (AvgIpc) is 2.00. The molecular formula is C9H9BrO2. The van der Waals surface area contributed by atoms with Crippen molar-refractivity contribution in [2.24, 2.45) is 0 Å². The summed E-state index contributed by atoms with van der Waals surface area (Å²) in [5.74, 6) is -0.872. The maximum atomic E-state index is 10.7. The van der Waals surface area contributed by atoms with E-state index in [0.717, 1.165) is 15.6 Å². The Morgan fingerprint density at radius 3 is 2.42 bits per heavy atom. The van der Waals surface area contributed by atoms with Gasteiger partial charge in [-0.3, -0.25) is 0 Å². The fraction of sp³-hybridized carbons (Fsp3) is 0.222. The Morgan fingerprint density at radius 2 is 1.92 bits per heavy atom. The molecule has 0 fully saturated rings. The van der Waals surface area contributed by atoms with E-state index in [0.29, 0.717) is 5.56 Å². The van der Waals surface area contributed by atoms with Crippen molar-refractivity contribution in [2.75, 3.05) is 0 Å². The van der Waals surface area contributed by atoms with Crippen LogP contribution in [0.4, 0.5) is 0 Å².